The van der Waals surface area contributed by atoms with Gasteiger partial charge in [0.05, 0.1) is 5.84 Å². The molecule has 0 saturated heterocycles. The van der Waals surface area contributed by atoms with Crippen LogP contribution >= 0.6 is 0 Å². The molecule has 0 aromatic rings. The van der Waals surface area contributed by atoms with Crippen LogP contribution in [0.1, 0.15) is 51.4 Å². The van der Waals surface area contributed by atoms with Gasteiger partial charge in [-0.25, -0.2) is 0 Å². The van der Waals surface area contributed by atoms with E-state index in [9.17, 15) is 4.79 Å². The lowest BCUT2D eigenvalue weighted by Gasteiger charge is -2.17. The number of rotatable bonds is 4. The number of amides is 1. The number of nitrogens with one attached hydrogen (secondary N) is 1. The van der Waals surface area contributed by atoms with E-state index in [4.69, 9.17) is 11.1 Å². The molecule has 1 rings (SSSR count). The number of carbonyl (C=O) groups excluding carboxylic acids is 1. The third-order valence-electron chi connectivity index (χ3n) is 3.10. The maximum atomic E-state index is 11.8. The van der Waals surface area contributed by atoms with Gasteiger partial charge in [-0.2, -0.15) is 0 Å². The molecule has 3 N–H and O–H groups in total. The van der Waals surface area contributed by atoms with Crippen LogP contribution in [0.4, 0.5) is 0 Å². The topological polar surface area (TPSA) is 81.0 Å². The molecule has 0 aliphatic heterocycles. The Morgan fingerprint density at radius 3 is 2.31 bits per heavy atom. The van der Waals surface area contributed by atoms with Gasteiger partial charge in [-0.1, -0.05) is 32.1 Å². The van der Waals surface area contributed by atoms with Crippen molar-refractivity contribution in [3.63, 3.8) is 0 Å². The first-order valence-electron chi connectivity index (χ1n) is 6.24. The largest absolute Gasteiger partial charge is 0.388 e. The second-order valence-corrected chi connectivity index (χ2v) is 4.54. The van der Waals surface area contributed by atoms with Crippen LogP contribution in [0.15, 0.2) is 0 Å². The summed E-state index contributed by atoms with van der Waals surface area (Å²) in [5.41, 5.74) is 5.21. The van der Waals surface area contributed by atoms with Gasteiger partial charge in [0.15, 0.2) is 0 Å². The molecule has 16 heavy (non-hydrogen) atoms. The van der Waals surface area contributed by atoms with E-state index in [1.165, 1.54) is 19.3 Å². The van der Waals surface area contributed by atoms with Crippen molar-refractivity contribution < 1.29 is 4.79 Å². The van der Waals surface area contributed by atoms with E-state index in [0.717, 1.165) is 25.7 Å². The molecule has 0 aromatic heterocycles. The molecule has 0 spiro atoms. The summed E-state index contributed by atoms with van der Waals surface area (Å²) in [5, 5.41) is 11.1. The zero-order valence-electron chi connectivity index (χ0n) is 9.87. The van der Waals surface area contributed by atoms with Gasteiger partial charge in [0.1, 0.15) is 0 Å². The molecule has 1 saturated carbocycles. The van der Waals surface area contributed by atoms with E-state index in [1.54, 1.807) is 0 Å². The Kier molecular flexibility index (Phi) is 5.90. The van der Waals surface area contributed by atoms with Crippen LogP contribution in [0.25, 0.3) is 0 Å². The van der Waals surface area contributed by atoms with E-state index < -0.39 is 0 Å². The number of hydrogen-bond acceptors (Lipinski definition) is 2. The van der Waals surface area contributed by atoms with Gasteiger partial charge in [-0.05, 0) is 12.8 Å². The van der Waals surface area contributed by atoms with Gasteiger partial charge >= 0.3 is 0 Å². The third-order valence-corrected chi connectivity index (χ3v) is 3.10. The molecule has 0 atom stereocenters. The fraction of sp³-hybridized carbons (Fsp3) is 0.833. The summed E-state index contributed by atoms with van der Waals surface area (Å²) in [5.74, 6) is 0.268. The molecule has 1 radical (unpaired) electrons. The lowest BCUT2D eigenvalue weighted by molar-refractivity contribution is -0.125. The Morgan fingerprint density at radius 2 is 1.75 bits per heavy atom. The van der Waals surface area contributed by atoms with Crippen LogP contribution in [-0.4, -0.2) is 18.3 Å². The fourth-order valence-corrected chi connectivity index (χ4v) is 2.12. The van der Waals surface area contributed by atoms with Gasteiger partial charge in [0, 0.05) is 18.9 Å². The first-order chi connectivity index (χ1) is 7.70. The Balaban J connectivity index is 2.24. The molecule has 0 unspecified atom stereocenters. The van der Waals surface area contributed by atoms with Crippen molar-refractivity contribution in [3.05, 3.63) is 0 Å². The normalized spacial score (nSPS) is 18.5. The standard InChI is InChI=1S/C12H22N3O/c13-11(14)8-9-15-12(16)10-6-4-2-1-3-5-7-10/h10H,1-9H2,(H3,13,14). The highest BCUT2D eigenvalue weighted by Crippen LogP contribution is 2.22. The van der Waals surface area contributed by atoms with Crippen LogP contribution in [-0.2, 0) is 4.79 Å². The highest BCUT2D eigenvalue weighted by molar-refractivity contribution is 5.80. The fourth-order valence-electron chi connectivity index (χ4n) is 2.12. The predicted molar refractivity (Wildman–Crippen MR) is 64.3 cm³/mol. The Hall–Kier alpha value is -1.06. The molecule has 1 aliphatic rings. The molecule has 0 heterocycles. The first kappa shape index (κ1) is 13.0. The molecular weight excluding hydrogens is 202 g/mol. The second kappa shape index (κ2) is 7.25. The monoisotopic (exact) mass is 224 g/mol. The van der Waals surface area contributed by atoms with Gasteiger partial charge in [-0.3, -0.25) is 15.5 Å². The van der Waals surface area contributed by atoms with E-state index in [-0.39, 0.29) is 17.7 Å². The molecule has 1 aliphatic carbocycles. The minimum Gasteiger partial charge on any atom is -0.388 e. The smallest absolute Gasteiger partial charge is 0.244 e. The number of hydrogen-bond donors (Lipinski definition) is 2. The molecule has 91 valence electrons. The minimum absolute atomic E-state index is 0.0307. The van der Waals surface area contributed by atoms with Crippen LogP contribution < -0.4 is 11.1 Å². The summed E-state index contributed by atoms with van der Waals surface area (Å²) in [6.07, 6.45) is 8.48. The van der Waals surface area contributed by atoms with Crippen molar-refractivity contribution in [2.45, 2.75) is 51.4 Å². The zero-order valence-corrected chi connectivity index (χ0v) is 9.87. The average molecular weight is 224 g/mol. The van der Waals surface area contributed by atoms with Crippen LogP contribution in [0.5, 0.6) is 0 Å². The van der Waals surface area contributed by atoms with Crippen molar-refractivity contribution in [1.82, 2.24) is 5.32 Å². The number of nitrogens with zero attached hydrogens (tertiary/aromatic N) is 1. The van der Waals surface area contributed by atoms with Crippen molar-refractivity contribution in [2.75, 3.05) is 6.54 Å². The highest BCUT2D eigenvalue weighted by Gasteiger charge is 2.19. The zero-order chi connectivity index (χ0) is 11.8. The third kappa shape index (κ3) is 5.14. The molecule has 1 amide bonds. The van der Waals surface area contributed by atoms with E-state index in [1.807, 2.05) is 0 Å². The van der Waals surface area contributed by atoms with E-state index >= 15 is 0 Å². The second-order valence-electron chi connectivity index (χ2n) is 4.54. The summed E-state index contributed by atoms with van der Waals surface area (Å²) in [6.45, 7) is 0.380. The molecule has 0 bridgehead atoms. The quantitative estimate of drug-likeness (QED) is 0.564. The highest BCUT2D eigenvalue weighted by atomic mass is 16.1. The molecule has 0 aromatic carbocycles. The maximum absolute atomic E-state index is 11.8. The van der Waals surface area contributed by atoms with E-state index in [2.05, 4.69) is 5.32 Å². The maximum Gasteiger partial charge on any atom is 0.244 e. The van der Waals surface area contributed by atoms with Gasteiger partial charge in [0.25, 0.3) is 0 Å². The van der Waals surface area contributed by atoms with Gasteiger partial charge in [-0.15, -0.1) is 0 Å². The van der Waals surface area contributed by atoms with Crippen LogP contribution in [0.3, 0.4) is 0 Å². The Labute approximate surface area is 97.5 Å². The summed E-state index contributed by atoms with van der Waals surface area (Å²) >= 11 is 0. The van der Waals surface area contributed by atoms with Crippen molar-refractivity contribution in [2.24, 2.45) is 11.7 Å². The van der Waals surface area contributed by atoms with Crippen LogP contribution in [0.2, 0.25) is 0 Å². The first-order valence-corrected chi connectivity index (χ1v) is 6.24. The molecule has 1 fully saturated rings. The number of amidine groups is 1. The SMILES string of the molecule is N=C(N)CC[N]C(=O)C1CCCCCCC1. The predicted octanol–water partition coefficient (Wildman–Crippen LogP) is 1.80. The lowest BCUT2D eigenvalue weighted by atomic mass is 9.90. The summed E-state index contributed by atoms with van der Waals surface area (Å²) < 4.78 is 0. The Bertz CT molecular complexity index is 232. The summed E-state index contributed by atoms with van der Waals surface area (Å²) in [6, 6.07) is 0. The van der Waals surface area contributed by atoms with Crippen molar-refractivity contribution >= 4 is 11.7 Å². The van der Waals surface area contributed by atoms with Crippen molar-refractivity contribution in [3.8, 4) is 0 Å². The number of carbonyl (C=O) groups is 1. The minimum atomic E-state index is 0.0307. The number of nitrogens with two attached hydrogens (primary N) is 1. The molecule has 4 nitrogen and oxygen atoms in total. The molecule has 4 heteroatoms. The lowest BCUT2D eigenvalue weighted by Crippen LogP contribution is -2.28. The summed E-state index contributed by atoms with van der Waals surface area (Å²) in [7, 11) is 0. The molecular formula is C12H22N3O. The van der Waals surface area contributed by atoms with Gasteiger partial charge in [0.2, 0.25) is 5.91 Å². The van der Waals surface area contributed by atoms with E-state index in [0.29, 0.717) is 13.0 Å². The average Bonchev–Trinajstić information content (AvgIpc) is 2.15. The van der Waals surface area contributed by atoms with Crippen molar-refractivity contribution in [1.29, 1.82) is 5.41 Å². The summed E-state index contributed by atoms with van der Waals surface area (Å²) in [4.78, 5) is 11.8. The van der Waals surface area contributed by atoms with Gasteiger partial charge < -0.3 is 5.73 Å². The van der Waals surface area contributed by atoms with Crippen LogP contribution in [0, 0.1) is 11.3 Å². The Morgan fingerprint density at radius 1 is 1.19 bits per heavy atom.